The molecular formula is C26H27FN6O3S. The fourth-order valence-electron chi connectivity index (χ4n) is 4.27. The van der Waals surface area contributed by atoms with Crippen molar-refractivity contribution < 1.29 is 18.1 Å². The van der Waals surface area contributed by atoms with E-state index in [1.54, 1.807) is 26.3 Å². The molecule has 2 aromatic heterocycles. The van der Waals surface area contributed by atoms with Crippen molar-refractivity contribution in [1.29, 1.82) is 10.0 Å². The maximum absolute atomic E-state index is 13.7. The molecule has 0 spiro atoms. The molecule has 3 N–H and O–H groups in total. The summed E-state index contributed by atoms with van der Waals surface area (Å²) in [5.74, 6) is -0.658. The van der Waals surface area contributed by atoms with Gasteiger partial charge in [-0.2, -0.15) is 9.65 Å². The van der Waals surface area contributed by atoms with Crippen LogP contribution in [0.3, 0.4) is 0 Å². The average Bonchev–Trinajstić information content (AvgIpc) is 3.15. The third-order valence-electron chi connectivity index (χ3n) is 6.31. The first-order valence-corrected chi connectivity index (χ1v) is 13.1. The van der Waals surface area contributed by atoms with Gasteiger partial charge in [0, 0.05) is 36.6 Å². The lowest BCUT2D eigenvalue weighted by atomic mass is 9.94. The van der Waals surface area contributed by atoms with Crippen LogP contribution in [0.5, 0.6) is 5.75 Å². The van der Waals surface area contributed by atoms with Crippen LogP contribution in [0.1, 0.15) is 40.7 Å². The molecule has 0 fully saturated rings. The van der Waals surface area contributed by atoms with E-state index in [4.69, 9.17) is 14.8 Å². The van der Waals surface area contributed by atoms with Crippen LogP contribution in [-0.2, 0) is 23.4 Å². The SMILES string of the molecule is COc1ccc(CC[C@H](C)C2C=Cc3c(cn(C)c3C(=O)Nc3cc(F)nc(C#N)c3)S(=N)(=O)N2)cc1. The van der Waals surface area contributed by atoms with Gasteiger partial charge in [-0.05, 0) is 42.5 Å². The number of anilines is 1. The number of halogens is 1. The summed E-state index contributed by atoms with van der Waals surface area (Å²) >= 11 is 0. The Morgan fingerprint density at radius 2 is 2.11 bits per heavy atom. The maximum Gasteiger partial charge on any atom is 0.272 e. The zero-order chi connectivity index (χ0) is 26.7. The number of carbonyl (C=O) groups excluding carboxylic acids is 1. The van der Waals surface area contributed by atoms with Gasteiger partial charge in [0.2, 0.25) is 5.95 Å². The molecule has 0 bridgehead atoms. The number of hydrogen-bond donors (Lipinski definition) is 3. The molecule has 2 unspecified atom stereocenters. The number of benzene rings is 1. The molecule has 192 valence electrons. The first kappa shape index (κ1) is 26.1. The minimum atomic E-state index is -3.43. The fraction of sp³-hybridized carbons (Fsp3) is 0.269. The summed E-state index contributed by atoms with van der Waals surface area (Å²) in [6.07, 6.45) is 6.61. The molecule has 1 amide bonds. The number of pyridine rings is 1. The van der Waals surface area contributed by atoms with Gasteiger partial charge in [0.15, 0.2) is 0 Å². The van der Waals surface area contributed by atoms with E-state index < -0.39 is 21.8 Å². The number of carbonyl (C=O) groups is 1. The second-order valence-corrected chi connectivity index (χ2v) is 10.7. The Balaban J connectivity index is 1.56. The van der Waals surface area contributed by atoms with E-state index in [0.29, 0.717) is 5.56 Å². The first-order chi connectivity index (χ1) is 17.6. The summed E-state index contributed by atoms with van der Waals surface area (Å²) in [5, 5.41) is 11.6. The number of methoxy groups -OCH3 is 1. The van der Waals surface area contributed by atoms with Crippen LogP contribution in [0.4, 0.5) is 10.1 Å². The van der Waals surface area contributed by atoms with E-state index in [0.717, 1.165) is 30.2 Å². The summed E-state index contributed by atoms with van der Waals surface area (Å²) in [6, 6.07) is 11.5. The Morgan fingerprint density at radius 3 is 2.78 bits per heavy atom. The third-order valence-corrected chi connectivity index (χ3v) is 7.86. The van der Waals surface area contributed by atoms with Crippen molar-refractivity contribution in [2.75, 3.05) is 12.4 Å². The van der Waals surface area contributed by atoms with Gasteiger partial charge >= 0.3 is 0 Å². The van der Waals surface area contributed by atoms with Gasteiger partial charge in [0.25, 0.3) is 5.91 Å². The number of nitrogens with zero attached hydrogens (tertiary/aromatic N) is 3. The number of nitriles is 1. The maximum atomic E-state index is 13.7. The Morgan fingerprint density at radius 1 is 1.38 bits per heavy atom. The number of amides is 1. The molecule has 11 heteroatoms. The predicted octanol–water partition coefficient (Wildman–Crippen LogP) is 4.27. The van der Waals surface area contributed by atoms with Gasteiger partial charge in [-0.15, -0.1) is 0 Å². The van der Waals surface area contributed by atoms with Crippen molar-refractivity contribution in [3.63, 3.8) is 0 Å². The second-order valence-electron chi connectivity index (χ2n) is 8.92. The fourth-order valence-corrected chi connectivity index (χ4v) is 5.87. The number of hydrogen-bond acceptors (Lipinski definition) is 6. The highest BCUT2D eigenvalue weighted by Gasteiger charge is 2.30. The van der Waals surface area contributed by atoms with E-state index in [1.807, 2.05) is 37.3 Å². The first-order valence-electron chi connectivity index (χ1n) is 11.6. The van der Waals surface area contributed by atoms with Gasteiger partial charge in [-0.3, -0.25) is 4.79 Å². The molecule has 1 aliphatic rings. The minimum absolute atomic E-state index is 0.0451. The second kappa shape index (κ2) is 10.5. The highest BCUT2D eigenvalue weighted by molar-refractivity contribution is 7.90. The molecular weight excluding hydrogens is 495 g/mol. The number of ether oxygens (including phenoxy) is 1. The molecule has 0 aliphatic carbocycles. The normalized spacial score (nSPS) is 19.4. The van der Waals surface area contributed by atoms with Gasteiger partial charge in [-0.25, -0.2) is 18.7 Å². The topological polar surface area (TPSA) is 133 Å². The van der Waals surface area contributed by atoms with Gasteiger partial charge in [0.1, 0.15) is 33.1 Å². The van der Waals surface area contributed by atoms with Crippen molar-refractivity contribution in [1.82, 2.24) is 14.3 Å². The zero-order valence-corrected chi connectivity index (χ0v) is 21.4. The van der Waals surface area contributed by atoms with Gasteiger partial charge in [-0.1, -0.05) is 31.2 Å². The minimum Gasteiger partial charge on any atom is -0.497 e. The summed E-state index contributed by atoms with van der Waals surface area (Å²) in [7, 11) is -0.205. The molecule has 3 aromatic rings. The highest BCUT2D eigenvalue weighted by Crippen LogP contribution is 2.29. The lowest BCUT2D eigenvalue weighted by molar-refractivity contribution is 0.101. The lowest BCUT2D eigenvalue weighted by Gasteiger charge is -2.22. The highest BCUT2D eigenvalue weighted by atomic mass is 32.2. The van der Waals surface area contributed by atoms with Crippen molar-refractivity contribution in [2.45, 2.75) is 30.7 Å². The molecule has 3 atom stereocenters. The van der Waals surface area contributed by atoms with Crippen molar-refractivity contribution in [3.8, 4) is 11.8 Å². The van der Waals surface area contributed by atoms with Crippen molar-refractivity contribution >= 4 is 27.6 Å². The van der Waals surface area contributed by atoms with Gasteiger partial charge in [0.05, 0.1) is 12.0 Å². The van der Waals surface area contributed by atoms with Crippen LogP contribution in [0.15, 0.2) is 53.6 Å². The molecule has 4 rings (SSSR count). The monoisotopic (exact) mass is 522 g/mol. The van der Waals surface area contributed by atoms with Crippen molar-refractivity contribution in [2.24, 2.45) is 13.0 Å². The van der Waals surface area contributed by atoms with Crippen LogP contribution in [0.25, 0.3) is 6.08 Å². The van der Waals surface area contributed by atoms with Crippen LogP contribution in [0.2, 0.25) is 0 Å². The molecule has 3 heterocycles. The van der Waals surface area contributed by atoms with Gasteiger partial charge < -0.3 is 14.6 Å². The Hall–Kier alpha value is -4.01. The van der Waals surface area contributed by atoms with Crippen LogP contribution in [0, 0.1) is 28.0 Å². The van der Waals surface area contributed by atoms with Crippen LogP contribution in [-0.4, -0.2) is 32.8 Å². The molecule has 1 aliphatic heterocycles. The van der Waals surface area contributed by atoms with E-state index >= 15 is 0 Å². The summed E-state index contributed by atoms with van der Waals surface area (Å²) in [6.45, 7) is 2.02. The van der Waals surface area contributed by atoms with E-state index in [9.17, 15) is 13.4 Å². The molecule has 1 aromatic carbocycles. The molecule has 37 heavy (non-hydrogen) atoms. The molecule has 0 saturated heterocycles. The Kier molecular flexibility index (Phi) is 7.42. The van der Waals surface area contributed by atoms with Crippen LogP contribution < -0.4 is 14.8 Å². The van der Waals surface area contributed by atoms with E-state index in [2.05, 4.69) is 15.0 Å². The molecule has 0 radical (unpaired) electrons. The van der Waals surface area contributed by atoms with E-state index in [1.165, 1.54) is 16.8 Å². The predicted molar refractivity (Wildman–Crippen MR) is 138 cm³/mol. The molecule has 0 saturated carbocycles. The molecule has 9 nitrogen and oxygen atoms in total. The summed E-state index contributed by atoms with van der Waals surface area (Å²) in [5.41, 5.74) is 1.55. The summed E-state index contributed by atoms with van der Waals surface area (Å²) in [4.78, 5) is 16.8. The third kappa shape index (κ3) is 5.71. The number of nitrogens with one attached hydrogen (secondary N) is 3. The van der Waals surface area contributed by atoms with Crippen LogP contribution >= 0.6 is 0 Å². The average molecular weight is 523 g/mol. The summed E-state index contributed by atoms with van der Waals surface area (Å²) < 4.78 is 45.4. The quantitative estimate of drug-likeness (QED) is 0.399. The number of aryl methyl sites for hydroxylation is 2. The lowest BCUT2D eigenvalue weighted by Crippen LogP contribution is -2.36. The Bertz CT molecular complexity index is 1510. The number of aromatic nitrogens is 2. The largest absolute Gasteiger partial charge is 0.497 e. The smallest absolute Gasteiger partial charge is 0.272 e. The Labute approximate surface area is 215 Å². The number of rotatable bonds is 7. The van der Waals surface area contributed by atoms with E-state index in [-0.39, 0.29) is 33.9 Å². The number of fused-ring (bicyclic) bond motifs is 1. The zero-order valence-electron chi connectivity index (χ0n) is 20.6. The van der Waals surface area contributed by atoms with Crippen molar-refractivity contribution in [3.05, 3.63) is 77.1 Å². The standard InChI is InChI=1S/C26H27FN6O3S/c1-16(4-5-17-6-8-20(36-3)9-7-17)22-11-10-21-23(37(29,35)32-22)15-33(2)25(21)26(34)31-18-12-19(14-28)30-24(27)13-18/h6-13,15-16,22H,4-5H2,1-3H3,(H2,29,32,35)(H,30,31,34)/t16-,22?,37?/m0/s1.